The maximum Gasteiger partial charge on any atom is 0.225 e. The van der Waals surface area contributed by atoms with Gasteiger partial charge in [0.15, 0.2) is 0 Å². The van der Waals surface area contributed by atoms with Crippen molar-refractivity contribution in [1.29, 1.82) is 0 Å². The van der Waals surface area contributed by atoms with E-state index in [9.17, 15) is 14.0 Å². The van der Waals surface area contributed by atoms with Crippen LogP contribution in [-0.4, -0.2) is 23.8 Å². The Morgan fingerprint density at radius 2 is 1.84 bits per heavy atom. The molecule has 0 aliphatic carbocycles. The summed E-state index contributed by atoms with van der Waals surface area (Å²) in [5.41, 5.74) is 2.72. The zero-order valence-electron chi connectivity index (χ0n) is 14.8. The molecule has 5 heteroatoms. The summed E-state index contributed by atoms with van der Waals surface area (Å²) >= 11 is 0. The highest BCUT2D eigenvalue weighted by Crippen LogP contribution is 2.19. The Morgan fingerprint density at radius 1 is 1.16 bits per heavy atom. The largest absolute Gasteiger partial charge is 0.349 e. The van der Waals surface area contributed by atoms with E-state index >= 15 is 0 Å². The number of amides is 2. The maximum absolute atomic E-state index is 13.3. The standard InChI is InChI=1S/C20H23FN2O2/c1-14-7-9-17(10-8-14)19(22-15(2)24)12-20(25)23(3)13-16-5-4-6-18(21)11-16/h4-11,19H,12-13H2,1-3H3,(H,22,24). The molecule has 0 bridgehead atoms. The van der Waals surface area contributed by atoms with Gasteiger partial charge in [-0.2, -0.15) is 0 Å². The van der Waals surface area contributed by atoms with E-state index in [4.69, 9.17) is 0 Å². The van der Waals surface area contributed by atoms with E-state index in [0.29, 0.717) is 6.54 Å². The third-order valence-corrected chi connectivity index (χ3v) is 3.97. The van der Waals surface area contributed by atoms with E-state index in [1.807, 2.05) is 31.2 Å². The fraction of sp³-hybridized carbons (Fsp3) is 0.300. The van der Waals surface area contributed by atoms with Gasteiger partial charge in [-0.3, -0.25) is 9.59 Å². The normalized spacial score (nSPS) is 11.7. The van der Waals surface area contributed by atoms with E-state index in [-0.39, 0.29) is 30.1 Å². The number of halogens is 1. The van der Waals surface area contributed by atoms with Crippen LogP contribution in [0, 0.1) is 12.7 Å². The number of carbonyl (C=O) groups excluding carboxylic acids is 2. The van der Waals surface area contributed by atoms with E-state index in [1.165, 1.54) is 24.0 Å². The Morgan fingerprint density at radius 3 is 2.44 bits per heavy atom. The molecule has 0 fully saturated rings. The summed E-state index contributed by atoms with van der Waals surface area (Å²) in [7, 11) is 1.67. The van der Waals surface area contributed by atoms with E-state index < -0.39 is 0 Å². The summed E-state index contributed by atoms with van der Waals surface area (Å²) in [4.78, 5) is 25.6. The Labute approximate surface area is 147 Å². The molecule has 132 valence electrons. The van der Waals surface area contributed by atoms with Crippen LogP contribution in [0.4, 0.5) is 4.39 Å². The number of nitrogens with zero attached hydrogens (tertiary/aromatic N) is 1. The first-order chi connectivity index (χ1) is 11.8. The summed E-state index contributed by atoms with van der Waals surface area (Å²) in [6, 6.07) is 13.5. The number of hydrogen-bond acceptors (Lipinski definition) is 2. The van der Waals surface area contributed by atoms with Crippen molar-refractivity contribution in [2.24, 2.45) is 0 Å². The maximum atomic E-state index is 13.3. The summed E-state index contributed by atoms with van der Waals surface area (Å²) in [6.45, 7) is 3.73. The van der Waals surface area contributed by atoms with Crippen LogP contribution < -0.4 is 5.32 Å². The predicted molar refractivity (Wildman–Crippen MR) is 95.2 cm³/mol. The van der Waals surface area contributed by atoms with Crippen LogP contribution in [0.3, 0.4) is 0 Å². The van der Waals surface area contributed by atoms with Gasteiger partial charge < -0.3 is 10.2 Å². The molecule has 2 aromatic carbocycles. The molecule has 2 amide bonds. The molecule has 0 saturated heterocycles. The zero-order valence-corrected chi connectivity index (χ0v) is 14.8. The molecular formula is C20H23FN2O2. The molecular weight excluding hydrogens is 319 g/mol. The minimum absolute atomic E-state index is 0.122. The summed E-state index contributed by atoms with van der Waals surface area (Å²) in [6.07, 6.45) is 0.147. The zero-order chi connectivity index (χ0) is 18.4. The minimum atomic E-state index is -0.388. The lowest BCUT2D eigenvalue weighted by atomic mass is 10.0. The van der Waals surface area contributed by atoms with Gasteiger partial charge in [0.1, 0.15) is 5.82 Å². The molecule has 0 aliphatic heterocycles. The van der Waals surface area contributed by atoms with Crippen LogP contribution in [0.2, 0.25) is 0 Å². The van der Waals surface area contributed by atoms with Gasteiger partial charge in [-0.25, -0.2) is 4.39 Å². The van der Waals surface area contributed by atoms with Crippen molar-refractivity contribution in [3.8, 4) is 0 Å². The average Bonchev–Trinajstić information content (AvgIpc) is 2.54. The molecule has 0 radical (unpaired) electrons. The lowest BCUT2D eigenvalue weighted by Gasteiger charge is -2.23. The molecule has 1 N–H and O–H groups in total. The number of nitrogens with one attached hydrogen (secondary N) is 1. The molecule has 1 unspecified atom stereocenters. The smallest absolute Gasteiger partial charge is 0.225 e. The van der Waals surface area contributed by atoms with Gasteiger partial charge in [-0.1, -0.05) is 42.0 Å². The molecule has 1 atom stereocenters. The predicted octanol–water partition coefficient (Wildman–Crippen LogP) is 3.36. The monoisotopic (exact) mass is 342 g/mol. The molecule has 4 nitrogen and oxygen atoms in total. The van der Waals surface area contributed by atoms with Crippen molar-refractivity contribution in [2.45, 2.75) is 32.9 Å². The van der Waals surface area contributed by atoms with Crippen molar-refractivity contribution in [3.05, 3.63) is 71.0 Å². The summed E-state index contributed by atoms with van der Waals surface area (Å²) < 4.78 is 13.3. The topological polar surface area (TPSA) is 49.4 Å². The highest BCUT2D eigenvalue weighted by atomic mass is 19.1. The van der Waals surface area contributed by atoms with Crippen molar-refractivity contribution in [1.82, 2.24) is 10.2 Å². The highest BCUT2D eigenvalue weighted by Gasteiger charge is 2.19. The Bertz CT molecular complexity index is 744. The molecule has 25 heavy (non-hydrogen) atoms. The van der Waals surface area contributed by atoms with Gasteiger partial charge >= 0.3 is 0 Å². The molecule has 0 heterocycles. The van der Waals surface area contributed by atoms with E-state index in [2.05, 4.69) is 5.32 Å². The van der Waals surface area contributed by atoms with Crippen LogP contribution in [0.5, 0.6) is 0 Å². The van der Waals surface area contributed by atoms with Gasteiger partial charge in [0.05, 0.1) is 12.5 Å². The van der Waals surface area contributed by atoms with Gasteiger partial charge in [-0.05, 0) is 30.2 Å². The first-order valence-corrected chi connectivity index (χ1v) is 8.17. The number of benzene rings is 2. The van der Waals surface area contributed by atoms with Crippen LogP contribution in [0.15, 0.2) is 48.5 Å². The van der Waals surface area contributed by atoms with Crippen molar-refractivity contribution in [3.63, 3.8) is 0 Å². The SMILES string of the molecule is CC(=O)NC(CC(=O)N(C)Cc1cccc(F)c1)c1ccc(C)cc1. The lowest BCUT2D eigenvalue weighted by molar-refractivity contribution is -0.131. The second-order valence-electron chi connectivity index (χ2n) is 6.25. The summed E-state index contributed by atoms with van der Waals surface area (Å²) in [5.74, 6) is -0.635. The number of rotatable bonds is 6. The number of aryl methyl sites for hydroxylation is 1. The summed E-state index contributed by atoms with van der Waals surface area (Å²) in [5, 5.41) is 2.83. The third-order valence-electron chi connectivity index (χ3n) is 3.97. The van der Waals surface area contributed by atoms with E-state index in [0.717, 1.165) is 16.7 Å². The third kappa shape index (κ3) is 5.71. The van der Waals surface area contributed by atoms with Crippen molar-refractivity contribution >= 4 is 11.8 Å². The molecule has 2 aromatic rings. The Kier molecular flexibility index (Phi) is 6.28. The Hall–Kier alpha value is -2.69. The van der Waals surface area contributed by atoms with Gasteiger partial charge in [-0.15, -0.1) is 0 Å². The van der Waals surface area contributed by atoms with Gasteiger partial charge in [0.25, 0.3) is 0 Å². The molecule has 0 aromatic heterocycles. The lowest BCUT2D eigenvalue weighted by Crippen LogP contribution is -2.33. The van der Waals surface area contributed by atoms with Crippen LogP contribution in [-0.2, 0) is 16.1 Å². The number of hydrogen-bond donors (Lipinski definition) is 1. The second-order valence-corrected chi connectivity index (χ2v) is 6.25. The fourth-order valence-electron chi connectivity index (χ4n) is 2.62. The van der Waals surface area contributed by atoms with Gasteiger partial charge in [0.2, 0.25) is 11.8 Å². The first kappa shape index (κ1) is 18.6. The molecule has 2 rings (SSSR count). The van der Waals surface area contributed by atoms with Crippen LogP contribution >= 0.6 is 0 Å². The fourth-order valence-corrected chi connectivity index (χ4v) is 2.62. The first-order valence-electron chi connectivity index (χ1n) is 8.17. The van der Waals surface area contributed by atoms with Crippen LogP contribution in [0.25, 0.3) is 0 Å². The minimum Gasteiger partial charge on any atom is -0.349 e. The van der Waals surface area contributed by atoms with Crippen molar-refractivity contribution < 1.29 is 14.0 Å². The van der Waals surface area contributed by atoms with Crippen molar-refractivity contribution in [2.75, 3.05) is 7.05 Å². The Balaban J connectivity index is 2.07. The average molecular weight is 342 g/mol. The second kappa shape index (κ2) is 8.42. The van der Waals surface area contributed by atoms with Gasteiger partial charge in [0, 0.05) is 20.5 Å². The molecule has 0 saturated carbocycles. The number of carbonyl (C=O) groups is 2. The van der Waals surface area contributed by atoms with Crippen LogP contribution in [0.1, 0.15) is 36.1 Å². The van der Waals surface area contributed by atoms with E-state index in [1.54, 1.807) is 19.2 Å². The molecule has 0 spiro atoms. The molecule has 0 aliphatic rings. The quantitative estimate of drug-likeness (QED) is 0.875. The highest BCUT2D eigenvalue weighted by molar-refractivity contribution is 5.79.